The van der Waals surface area contributed by atoms with Crippen LogP contribution in [0.15, 0.2) is 55.1 Å². The highest BCUT2D eigenvalue weighted by atomic mass is 16.5. The Balaban J connectivity index is 1.69. The van der Waals surface area contributed by atoms with Gasteiger partial charge in [-0.2, -0.15) is 5.10 Å². The van der Waals surface area contributed by atoms with Gasteiger partial charge in [0.15, 0.2) is 6.10 Å². The smallest absolute Gasteiger partial charge is 0.337 e. The van der Waals surface area contributed by atoms with Crippen molar-refractivity contribution in [2.45, 2.75) is 12.5 Å². The number of nitrogens with zero attached hydrogens (tertiary/aromatic N) is 3. The lowest BCUT2D eigenvalue weighted by Crippen LogP contribution is -2.23. The van der Waals surface area contributed by atoms with Gasteiger partial charge >= 0.3 is 5.97 Å². The Morgan fingerprint density at radius 3 is 2.96 bits per heavy atom. The van der Waals surface area contributed by atoms with Gasteiger partial charge in [-0.05, 0) is 35.2 Å². The first kappa shape index (κ1) is 14.6. The summed E-state index contributed by atoms with van der Waals surface area (Å²) in [6, 6.07) is 9.57. The van der Waals surface area contributed by atoms with E-state index < -0.39 is 12.1 Å². The van der Waals surface area contributed by atoms with Crippen LogP contribution in [0.4, 0.5) is 0 Å². The van der Waals surface area contributed by atoms with Crippen molar-refractivity contribution in [3.05, 3.63) is 66.2 Å². The molecule has 1 aromatic carbocycles. The second-order valence-corrected chi connectivity index (χ2v) is 5.64. The summed E-state index contributed by atoms with van der Waals surface area (Å²) in [5.74, 6) is -0.951. The van der Waals surface area contributed by atoms with Gasteiger partial charge in [0.05, 0.1) is 24.7 Å². The number of ether oxygens (including phenoxy) is 1. The number of carboxylic acids is 1. The number of carboxylic acid groups (broad SMARTS) is 1. The molecule has 0 bridgehead atoms. The molecule has 120 valence electrons. The van der Waals surface area contributed by atoms with E-state index in [0.29, 0.717) is 13.0 Å². The fourth-order valence-electron chi connectivity index (χ4n) is 2.94. The van der Waals surface area contributed by atoms with Crippen molar-refractivity contribution in [3.63, 3.8) is 0 Å². The zero-order valence-electron chi connectivity index (χ0n) is 12.8. The average Bonchev–Trinajstić information content (AvgIpc) is 3.11. The Hall–Kier alpha value is -2.99. The fraction of sp³-hybridized carbons (Fsp3) is 0.167. The number of hydrogen-bond acceptors (Lipinski definition) is 4. The van der Waals surface area contributed by atoms with Crippen molar-refractivity contribution < 1.29 is 14.6 Å². The third kappa shape index (κ3) is 2.57. The number of carbonyl (C=O) groups is 1. The van der Waals surface area contributed by atoms with Crippen molar-refractivity contribution in [2.24, 2.45) is 0 Å². The predicted octanol–water partition coefficient (Wildman–Crippen LogP) is 2.63. The van der Waals surface area contributed by atoms with E-state index in [1.54, 1.807) is 23.3 Å². The molecule has 1 aliphatic rings. The van der Waals surface area contributed by atoms with E-state index in [2.05, 4.69) is 10.1 Å². The van der Waals surface area contributed by atoms with Crippen LogP contribution >= 0.6 is 0 Å². The Morgan fingerprint density at radius 2 is 2.17 bits per heavy atom. The number of hydrogen-bond donors (Lipinski definition) is 1. The van der Waals surface area contributed by atoms with Crippen molar-refractivity contribution in [3.8, 4) is 16.8 Å². The molecule has 1 atom stereocenters. The zero-order valence-corrected chi connectivity index (χ0v) is 12.8. The largest absolute Gasteiger partial charge is 0.479 e. The molecule has 0 radical (unpaired) electrons. The minimum atomic E-state index is -0.951. The first-order valence-corrected chi connectivity index (χ1v) is 7.65. The number of pyridine rings is 1. The summed E-state index contributed by atoms with van der Waals surface area (Å²) in [5, 5.41) is 13.6. The maximum atomic E-state index is 11.3. The van der Waals surface area contributed by atoms with Crippen LogP contribution in [0.25, 0.3) is 16.8 Å². The van der Waals surface area contributed by atoms with Gasteiger partial charge in [-0.15, -0.1) is 0 Å². The van der Waals surface area contributed by atoms with Gasteiger partial charge in [-0.1, -0.05) is 18.2 Å². The van der Waals surface area contributed by atoms with Crippen molar-refractivity contribution >= 4 is 5.97 Å². The fourth-order valence-corrected chi connectivity index (χ4v) is 2.94. The SMILES string of the molecule is O=C(O)C1OCCc2cc(-c3cnn(-c4cccnc4)c3)ccc21. The molecule has 0 aliphatic carbocycles. The second-order valence-electron chi connectivity index (χ2n) is 5.64. The quantitative estimate of drug-likeness (QED) is 0.802. The molecule has 0 saturated heterocycles. The molecule has 1 aliphatic heterocycles. The molecule has 0 fully saturated rings. The maximum Gasteiger partial charge on any atom is 0.337 e. The lowest BCUT2D eigenvalue weighted by atomic mass is 9.94. The molecule has 3 heterocycles. The molecule has 3 aromatic rings. The van der Waals surface area contributed by atoms with Gasteiger partial charge in [0.1, 0.15) is 0 Å². The van der Waals surface area contributed by atoms with E-state index >= 15 is 0 Å². The standard InChI is InChI=1S/C18H15N3O3/c22-18(23)17-16-4-3-12(8-13(16)5-7-24-17)14-9-20-21(11-14)15-2-1-6-19-10-15/h1-4,6,8-11,17H,5,7H2,(H,22,23). The summed E-state index contributed by atoms with van der Waals surface area (Å²) < 4.78 is 7.12. The lowest BCUT2D eigenvalue weighted by molar-refractivity contribution is -0.151. The lowest BCUT2D eigenvalue weighted by Gasteiger charge is -2.23. The highest BCUT2D eigenvalue weighted by Crippen LogP contribution is 2.31. The third-order valence-corrected chi connectivity index (χ3v) is 4.13. The van der Waals surface area contributed by atoms with Crippen LogP contribution in [0.1, 0.15) is 17.2 Å². The minimum Gasteiger partial charge on any atom is -0.479 e. The van der Waals surface area contributed by atoms with E-state index in [1.165, 1.54) is 0 Å². The highest BCUT2D eigenvalue weighted by molar-refractivity contribution is 5.76. The molecular weight excluding hydrogens is 306 g/mol. The van der Waals surface area contributed by atoms with Crippen LogP contribution in [0, 0.1) is 0 Å². The summed E-state index contributed by atoms with van der Waals surface area (Å²) in [7, 11) is 0. The summed E-state index contributed by atoms with van der Waals surface area (Å²) >= 11 is 0. The number of benzene rings is 1. The van der Waals surface area contributed by atoms with Gasteiger partial charge in [-0.25, -0.2) is 9.48 Å². The summed E-state index contributed by atoms with van der Waals surface area (Å²) in [6.45, 7) is 0.419. The van der Waals surface area contributed by atoms with Crippen LogP contribution in [0.3, 0.4) is 0 Å². The normalized spacial score (nSPS) is 16.6. The topological polar surface area (TPSA) is 77.2 Å². The van der Waals surface area contributed by atoms with Crippen LogP contribution < -0.4 is 0 Å². The Labute approximate surface area is 138 Å². The Morgan fingerprint density at radius 1 is 1.25 bits per heavy atom. The van der Waals surface area contributed by atoms with Gasteiger partial charge in [-0.3, -0.25) is 4.98 Å². The van der Waals surface area contributed by atoms with E-state index in [-0.39, 0.29) is 0 Å². The summed E-state index contributed by atoms with van der Waals surface area (Å²) in [4.78, 5) is 15.4. The van der Waals surface area contributed by atoms with Gasteiger partial charge in [0, 0.05) is 18.0 Å². The van der Waals surface area contributed by atoms with E-state index in [1.807, 2.05) is 36.5 Å². The van der Waals surface area contributed by atoms with E-state index in [0.717, 1.165) is 27.9 Å². The number of rotatable bonds is 3. The molecular formula is C18H15N3O3. The summed E-state index contributed by atoms with van der Waals surface area (Å²) in [5.41, 5.74) is 4.62. The molecule has 1 N–H and O–H groups in total. The van der Waals surface area contributed by atoms with Crippen LogP contribution in [-0.2, 0) is 16.0 Å². The zero-order chi connectivity index (χ0) is 16.5. The molecule has 0 saturated carbocycles. The van der Waals surface area contributed by atoms with Crippen LogP contribution in [-0.4, -0.2) is 32.4 Å². The summed E-state index contributed by atoms with van der Waals surface area (Å²) in [6.07, 6.45) is 7.04. The monoisotopic (exact) mass is 321 g/mol. The maximum absolute atomic E-state index is 11.3. The first-order chi connectivity index (χ1) is 11.7. The molecule has 6 heteroatoms. The molecule has 0 amide bonds. The number of aliphatic carboxylic acids is 1. The number of aromatic nitrogens is 3. The minimum absolute atomic E-state index is 0.419. The third-order valence-electron chi connectivity index (χ3n) is 4.13. The van der Waals surface area contributed by atoms with Gasteiger partial charge in [0.25, 0.3) is 0 Å². The van der Waals surface area contributed by atoms with Gasteiger partial charge in [0.2, 0.25) is 0 Å². The predicted molar refractivity (Wildman–Crippen MR) is 86.8 cm³/mol. The van der Waals surface area contributed by atoms with Crippen molar-refractivity contribution in [2.75, 3.05) is 6.61 Å². The molecule has 4 rings (SSSR count). The number of fused-ring (bicyclic) bond motifs is 1. The van der Waals surface area contributed by atoms with Crippen molar-refractivity contribution in [1.82, 2.24) is 14.8 Å². The highest BCUT2D eigenvalue weighted by Gasteiger charge is 2.27. The van der Waals surface area contributed by atoms with Crippen LogP contribution in [0.2, 0.25) is 0 Å². The first-order valence-electron chi connectivity index (χ1n) is 7.65. The Bertz CT molecular complexity index is 890. The van der Waals surface area contributed by atoms with E-state index in [9.17, 15) is 9.90 Å². The average molecular weight is 321 g/mol. The molecule has 6 nitrogen and oxygen atoms in total. The van der Waals surface area contributed by atoms with E-state index in [4.69, 9.17) is 4.74 Å². The molecule has 24 heavy (non-hydrogen) atoms. The van der Waals surface area contributed by atoms with Crippen molar-refractivity contribution in [1.29, 1.82) is 0 Å². The molecule has 1 unspecified atom stereocenters. The van der Waals surface area contributed by atoms with Crippen LogP contribution in [0.5, 0.6) is 0 Å². The molecule has 0 spiro atoms. The van der Waals surface area contributed by atoms with Gasteiger partial charge < -0.3 is 9.84 Å². The second kappa shape index (κ2) is 5.90. The molecule has 2 aromatic heterocycles. The Kier molecular flexibility index (Phi) is 3.59.